The Bertz CT molecular complexity index is 216. The number of rotatable bonds is 5. The van der Waals surface area contributed by atoms with Crippen LogP contribution < -0.4 is 5.32 Å². The third-order valence-electron chi connectivity index (χ3n) is 1.50. The first-order valence-electron chi connectivity index (χ1n) is 4.44. The maximum absolute atomic E-state index is 11.1. The van der Waals surface area contributed by atoms with Crippen LogP contribution >= 0.6 is 15.9 Å². The molecule has 5 heteroatoms. The molecule has 0 rings (SSSR count). The average Bonchev–Trinajstić information content (AvgIpc) is 2.02. The van der Waals surface area contributed by atoms with Gasteiger partial charge < -0.3 is 10.1 Å². The molecular formula is C9H16BrNO3. The van der Waals surface area contributed by atoms with Gasteiger partial charge >= 0.3 is 6.09 Å². The van der Waals surface area contributed by atoms with Gasteiger partial charge in [-0.15, -0.1) is 0 Å². The van der Waals surface area contributed by atoms with Crippen molar-refractivity contribution in [3.63, 3.8) is 0 Å². The van der Waals surface area contributed by atoms with Crippen LogP contribution in [0.2, 0.25) is 0 Å². The van der Waals surface area contributed by atoms with E-state index in [1.54, 1.807) is 20.8 Å². The number of Topliss-reactive ketones (excluding diaryl/α,β-unsaturated/α-hetero) is 1. The molecule has 82 valence electrons. The Kier molecular flexibility index (Phi) is 5.76. The van der Waals surface area contributed by atoms with E-state index in [-0.39, 0.29) is 12.2 Å². The second kappa shape index (κ2) is 6.01. The summed E-state index contributed by atoms with van der Waals surface area (Å²) < 4.78 is 4.72. The SMILES string of the molecule is CCOC(=O)NC(C)(C)CC(=O)CBr. The number of amides is 1. The van der Waals surface area contributed by atoms with Gasteiger partial charge in [0.25, 0.3) is 0 Å². The molecule has 0 aliphatic carbocycles. The van der Waals surface area contributed by atoms with Gasteiger partial charge in [-0.3, -0.25) is 4.79 Å². The van der Waals surface area contributed by atoms with Crippen molar-refractivity contribution in [2.75, 3.05) is 11.9 Å². The highest BCUT2D eigenvalue weighted by atomic mass is 79.9. The number of carbonyl (C=O) groups excluding carboxylic acids is 2. The van der Waals surface area contributed by atoms with Gasteiger partial charge in [-0.25, -0.2) is 4.79 Å². The molecule has 0 unspecified atom stereocenters. The molecule has 0 aliphatic heterocycles. The van der Waals surface area contributed by atoms with Crippen LogP contribution in [-0.2, 0) is 9.53 Å². The normalized spacial score (nSPS) is 10.9. The number of alkyl halides is 1. The molecule has 0 spiro atoms. The van der Waals surface area contributed by atoms with Crippen LogP contribution in [0.25, 0.3) is 0 Å². The molecule has 1 N–H and O–H groups in total. The van der Waals surface area contributed by atoms with E-state index in [0.717, 1.165) is 0 Å². The zero-order chi connectivity index (χ0) is 11.2. The molecule has 0 fully saturated rings. The number of carbonyl (C=O) groups is 2. The molecule has 4 nitrogen and oxygen atoms in total. The topological polar surface area (TPSA) is 55.4 Å². The highest BCUT2D eigenvalue weighted by molar-refractivity contribution is 9.09. The third-order valence-corrected chi connectivity index (χ3v) is 2.13. The molecule has 0 bridgehead atoms. The Labute approximate surface area is 92.5 Å². The Morgan fingerprint density at radius 3 is 2.43 bits per heavy atom. The summed E-state index contributed by atoms with van der Waals surface area (Å²) in [6, 6.07) is 0. The second-order valence-corrected chi connectivity index (χ2v) is 4.14. The maximum Gasteiger partial charge on any atom is 0.407 e. The molecule has 0 aromatic carbocycles. The van der Waals surface area contributed by atoms with E-state index in [1.807, 2.05) is 0 Å². The average molecular weight is 266 g/mol. The first-order chi connectivity index (χ1) is 6.41. The number of hydrogen-bond donors (Lipinski definition) is 1. The van der Waals surface area contributed by atoms with Gasteiger partial charge in [0.05, 0.1) is 11.9 Å². The van der Waals surface area contributed by atoms with Crippen molar-refractivity contribution in [2.45, 2.75) is 32.7 Å². The van der Waals surface area contributed by atoms with E-state index < -0.39 is 11.6 Å². The molecule has 0 radical (unpaired) electrons. The first-order valence-corrected chi connectivity index (χ1v) is 5.56. The summed E-state index contributed by atoms with van der Waals surface area (Å²) >= 11 is 3.07. The molecule has 0 atom stereocenters. The number of nitrogens with one attached hydrogen (secondary N) is 1. The van der Waals surface area contributed by atoms with Crippen LogP contribution in [0.15, 0.2) is 0 Å². The van der Waals surface area contributed by atoms with Crippen molar-refractivity contribution in [3.05, 3.63) is 0 Å². The van der Waals surface area contributed by atoms with E-state index in [2.05, 4.69) is 21.2 Å². The zero-order valence-electron chi connectivity index (χ0n) is 8.72. The Balaban J connectivity index is 4.05. The van der Waals surface area contributed by atoms with Crippen LogP contribution in [0.5, 0.6) is 0 Å². The lowest BCUT2D eigenvalue weighted by Gasteiger charge is -2.24. The largest absolute Gasteiger partial charge is 0.450 e. The summed E-state index contributed by atoms with van der Waals surface area (Å²) in [6.07, 6.45) is -0.197. The lowest BCUT2D eigenvalue weighted by molar-refractivity contribution is -0.117. The van der Waals surface area contributed by atoms with Gasteiger partial charge in [-0.05, 0) is 20.8 Å². The lowest BCUT2D eigenvalue weighted by Crippen LogP contribution is -2.45. The van der Waals surface area contributed by atoms with E-state index in [4.69, 9.17) is 4.74 Å². The van der Waals surface area contributed by atoms with Gasteiger partial charge in [-0.2, -0.15) is 0 Å². The molecule has 0 aliphatic rings. The van der Waals surface area contributed by atoms with Gasteiger partial charge in [0.15, 0.2) is 0 Å². The Hall–Kier alpha value is -0.580. The fraction of sp³-hybridized carbons (Fsp3) is 0.778. The number of ketones is 1. The summed E-state index contributed by atoms with van der Waals surface area (Å²) in [5.74, 6) is 0.0480. The Morgan fingerprint density at radius 1 is 1.43 bits per heavy atom. The minimum Gasteiger partial charge on any atom is -0.450 e. The highest BCUT2D eigenvalue weighted by Gasteiger charge is 2.23. The van der Waals surface area contributed by atoms with Crippen molar-refractivity contribution < 1.29 is 14.3 Å². The fourth-order valence-corrected chi connectivity index (χ4v) is 1.23. The van der Waals surface area contributed by atoms with Gasteiger partial charge in [-0.1, -0.05) is 15.9 Å². The third kappa shape index (κ3) is 5.96. The van der Waals surface area contributed by atoms with Crippen LogP contribution in [0, 0.1) is 0 Å². The minimum absolute atomic E-state index is 0.0480. The molecule has 0 saturated heterocycles. The first kappa shape index (κ1) is 13.4. The summed E-state index contributed by atoms with van der Waals surface area (Å²) in [6.45, 7) is 5.62. The lowest BCUT2D eigenvalue weighted by atomic mass is 9.99. The van der Waals surface area contributed by atoms with E-state index in [1.165, 1.54) is 0 Å². The molecule has 14 heavy (non-hydrogen) atoms. The quantitative estimate of drug-likeness (QED) is 0.773. The number of halogens is 1. The van der Waals surface area contributed by atoms with Crippen LogP contribution in [0.3, 0.4) is 0 Å². The summed E-state index contributed by atoms with van der Waals surface area (Å²) in [5, 5.41) is 2.93. The molecule has 0 aromatic heterocycles. The van der Waals surface area contributed by atoms with Gasteiger partial charge in [0.1, 0.15) is 5.78 Å². The van der Waals surface area contributed by atoms with E-state index in [0.29, 0.717) is 11.9 Å². The van der Waals surface area contributed by atoms with E-state index in [9.17, 15) is 9.59 Å². The molecular weight excluding hydrogens is 250 g/mol. The highest BCUT2D eigenvalue weighted by Crippen LogP contribution is 2.10. The molecule has 0 saturated carbocycles. The van der Waals surface area contributed by atoms with Crippen molar-refractivity contribution in [2.24, 2.45) is 0 Å². The number of alkyl carbamates (subject to hydrolysis) is 1. The zero-order valence-corrected chi connectivity index (χ0v) is 10.3. The van der Waals surface area contributed by atoms with Gasteiger partial charge in [0, 0.05) is 12.0 Å². The van der Waals surface area contributed by atoms with Crippen molar-refractivity contribution >= 4 is 27.8 Å². The second-order valence-electron chi connectivity index (χ2n) is 3.58. The monoisotopic (exact) mass is 265 g/mol. The molecule has 1 amide bonds. The predicted molar refractivity (Wildman–Crippen MR) is 57.7 cm³/mol. The standard InChI is InChI=1S/C9H16BrNO3/c1-4-14-8(13)11-9(2,3)5-7(12)6-10/h4-6H2,1-3H3,(H,11,13). The minimum atomic E-state index is -0.558. The smallest absolute Gasteiger partial charge is 0.407 e. The maximum atomic E-state index is 11.1. The van der Waals surface area contributed by atoms with Crippen molar-refractivity contribution in [1.82, 2.24) is 5.32 Å². The van der Waals surface area contributed by atoms with E-state index >= 15 is 0 Å². The number of hydrogen-bond acceptors (Lipinski definition) is 3. The van der Waals surface area contributed by atoms with Gasteiger partial charge in [0.2, 0.25) is 0 Å². The summed E-state index contributed by atoms with van der Waals surface area (Å²) in [4.78, 5) is 22.2. The Morgan fingerprint density at radius 2 is 2.00 bits per heavy atom. The van der Waals surface area contributed by atoms with Crippen LogP contribution in [0.1, 0.15) is 27.2 Å². The predicted octanol–water partition coefficient (Wildman–Crippen LogP) is 1.87. The molecule has 0 aromatic rings. The fourth-order valence-electron chi connectivity index (χ4n) is 1.03. The van der Waals surface area contributed by atoms with Crippen LogP contribution in [-0.4, -0.2) is 29.4 Å². The summed E-state index contributed by atoms with van der Waals surface area (Å²) in [7, 11) is 0. The van der Waals surface area contributed by atoms with Crippen LogP contribution in [0.4, 0.5) is 4.79 Å². The molecule has 0 heterocycles. The van der Waals surface area contributed by atoms with Crippen molar-refractivity contribution in [3.8, 4) is 0 Å². The van der Waals surface area contributed by atoms with Crippen molar-refractivity contribution in [1.29, 1.82) is 0 Å². The number of ether oxygens (including phenoxy) is 1. The summed E-state index contributed by atoms with van der Waals surface area (Å²) in [5.41, 5.74) is -0.558.